The number of carbonyl (C=O) groups excluding carboxylic acids is 1. The van der Waals surface area contributed by atoms with E-state index >= 15 is 0 Å². The van der Waals surface area contributed by atoms with Gasteiger partial charge in [0.2, 0.25) is 0 Å². The van der Waals surface area contributed by atoms with Crippen LogP contribution in [0.2, 0.25) is 0 Å². The van der Waals surface area contributed by atoms with Gasteiger partial charge in [0.25, 0.3) is 0 Å². The predicted octanol–water partition coefficient (Wildman–Crippen LogP) is 6.23. The molecule has 1 aliphatic heterocycles. The van der Waals surface area contributed by atoms with Crippen LogP contribution in [0.1, 0.15) is 61.6 Å². The third kappa shape index (κ3) is 4.53. The minimum atomic E-state index is -0.0976. The number of hydrogen-bond donors (Lipinski definition) is 1. The van der Waals surface area contributed by atoms with Gasteiger partial charge in [0.1, 0.15) is 16.9 Å². The first-order valence-corrected chi connectivity index (χ1v) is 11.5. The zero-order chi connectivity index (χ0) is 21.8. The summed E-state index contributed by atoms with van der Waals surface area (Å²) in [5.41, 5.74) is 4.27. The molecule has 0 bridgehead atoms. The molecule has 1 fully saturated rings. The maximum absolute atomic E-state index is 13.4. The Morgan fingerprint density at radius 2 is 1.73 bits per heavy atom. The fourth-order valence-corrected chi connectivity index (χ4v) is 5.11. The minimum Gasteiger partial charge on any atom is -0.497 e. The smallest absolute Gasteiger partial charge is 0.323 e. The summed E-state index contributed by atoms with van der Waals surface area (Å²) >= 11 is 1.75. The van der Waals surface area contributed by atoms with Crippen LogP contribution in [0.15, 0.2) is 36.4 Å². The second-order valence-electron chi connectivity index (χ2n) is 8.08. The topological polar surface area (TPSA) is 50.8 Å². The molecule has 0 saturated carbocycles. The SMILES string of the molecule is COc1ccc(C2SCCN2C(=O)Nc2c(C(C)C)cccc2C(C)C)c(OC)c1. The number of rotatable bonds is 6. The van der Waals surface area contributed by atoms with Crippen LogP contribution in [0.3, 0.4) is 0 Å². The van der Waals surface area contributed by atoms with Crippen LogP contribution in [0.4, 0.5) is 10.5 Å². The number of ether oxygens (including phenoxy) is 2. The van der Waals surface area contributed by atoms with Crippen molar-refractivity contribution in [3.05, 3.63) is 53.1 Å². The van der Waals surface area contributed by atoms with Crippen molar-refractivity contribution < 1.29 is 14.3 Å². The number of urea groups is 1. The Labute approximate surface area is 184 Å². The van der Waals surface area contributed by atoms with Crippen LogP contribution >= 0.6 is 11.8 Å². The summed E-state index contributed by atoms with van der Waals surface area (Å²) in [6.07, 6.45) is 0. The van der Waals surface area contributed by atoms with Crippen molar-refractivity contribution in [2.75, 3.05) is 31.8 Å². The number of para-hydroxylation sites is 1. The zero-order valence-electron chi connectivity index (χ0n) is 18.7. The van der Waals surface area contributed by atoms with Gasteiger partial charge in [-0.2, -0.15) is 0 Å². The van der Waals surface area contributed by atoms with Crippen molar-refractivity contribution >= 4 is 23.5 Å². The molecule has 2 amide bonds. The van der Waals surface area contributed by atoms with Gasteiger partial charge in [-0.1, -0.05) is 45.9 Å². The Morgan fingerprint density at radius 3 is 2.30 bits per heavy atom. The molecule has 1 N–H and O–H groups in total. The highest BCUT2D eigenvalue weighted by Gasteiger charge is 2.33. The standard InChI is InChI=1S/C24H32N2O3S/c1-15(2)18-8-7-9-19(16(3)4)22(18)25-24(27)26-12-13-30-23(26)20-11-10-17(28-5)14-21(20)29-6/h7-11,14-16,23H,12-13H2,1-6H3,(H,25,27). The van der Waals surface area contributed by atoms with Crippen molar-refractivity contribution in [3.8, 4) is 11.5 Å². The molecule has 1 atom stereocenters. The highest BCUT2D eigenvalue weighted by molar-refractivity contribution is 7.99. The molecule has 30 heavy (non-hydrogen) atoms. The molecule has 0 spiro atoms. The third-order valence-electron chi connectivity index (χ3n) is 5.46. The number of carbonyl (C=O) groups is 1. The summed E-state index contributed by atoms with van der Waals surface area (Å²) < 4.78 is 10.9. The maximum Gasteiger partial charge on any atom is 0.323 e. The molecule has 1 aliphatic rings. The molecular weight excluding hydrogens is 396 g/mol. The summed E-state index contributed by atoms with van der Waals surface area (Å²) in [5.74, 6) is 3.00. The number of hydrogen-bond acceptors (Lipinski definition) is 4. The van der Waals surface area contributed by atoms with E-state index in [-0.39, 0.29) is 11.4 Å². The Hall–Kier alpha value is -2.34. The second-order valence-corrected chi connectivity index (χ2v) is 9.26. The van der Waals surface area contributed by atoms with Gasteiger partial charge in [-0.05, 0) is 35.1 Å². The molecule has 2 aromatic carbocycles. The average molecular weight is 429 g/mol. The molecule has 5 nitrogen and oxygen atoms in total. The van der Waals surface area contributed by atoms with Crippen LogP contribution in [0, 0.1) is 0 Å². The van der Waals surface area contributed by atoms with Gasteiger partial charge in [0, 0.05) is 29.6 Å². The van der Waals surface area contributed by atoms with E-state index in [4.69, 9.17) is 9.47 Å². The number of amides is 2. The number of anilines is 1. The summed E-state index contributed by atoms with van der Waals surface area (Å²) in [5, 5.41) is 3.15. The molecule has 0 aromatic heterocycles. The molecule has 162 valence electrons. The Morgan fingerprint density at radius 1 is 1.07 bits per heavy atom. The van der Waals surface area contributed by atoms with E-state index in [2.05, 4.69) is 51.2 Å². The van der Waals surface area contributed by atoms with Crippen LogP contribution in [-0.2, 0) is 0 Å². The highest BCUT2D eigenvalue weighted by atomic mass is 32.2. The average Bonchev–Trinajstić information content (AvgIpc) is 3.22. The lowest BCUT2D eigenvalue weighted by atomic mass is 9.93. The lowest BCUT2D eigenvalue weighted by Crippen LogP contribution is -2.35. The van der Waals surface area contributed by atoms with Crippen molar-refractivity contribution in [2.45, 2.75) is 44.9 Å². The lowest BCUT2D eigenvalue weighted by molar-refractivity contribution is 0.213. The normalized spacial score (nSPS) is 16.3. The Bertz CT molecular complexity index is 872. The number of nitrogens with zero attached hydrogens (tertiary/aromatic N) is 1. The largest absolute Gasteiger partial charge is 0.497 e. The van der Waals surface area contributed by atoms with Crippen molar-refractivity contribution in [3.63, 3.8) is 0 Å². The van der Waals surface area contributed by atoms with E-state index in [9.17, 15) is 4.79 Å². The number of methoxy groups -OCH3 is 2. The summed E-state index contributed by atoms with van der Waals surface area (Å²) in [6.45, 7) is 9.33. The lowest BCUT2D eigenvalue weighted by Gasteiger charge is -2.28. The minimum absolute atomic E-state index is 0.0714. The van der Waals surface area contributed by atoms with Crippen molar-refractivity contribution in [1.29, 1.82) is 0 Å². The van der Waals surface area contributed by atoms with E-state index in [1.54, 1.807) is 26.0 Å². The first-order chi connectivity index (χ1) is 14.4. The molecular formula is C24H32N2O3S. The van der Waals surface area contributed by atoms with Gasteiger partial charge in [-0.3, -0.25) is 0 Å². The number of thioether (sulfide) groups is 1. The summed E-state index contributed by atoms with van der Waals surface area (Å²) in [4.78, 5) is 15.3. The number of nitrogens with one attached hydrogen (secondary N) is 1. The summed E-state index contributed by atoms with van der Waals surface area (Å²) in [6, 6.07) is 12.0. The van der Waals surface area contributed by atoms with Crippen LogP contribution in [0.25, 0.3) is 0 Å². The van der Waals surface area contributed by atoms with Crippen molar-refractivity contribution in [1.82, 2.24) is 4.90 Å². The van der Waals surface area contributed by atoms with E-state index in [1.165, 1.54) is 11.1 Å². The van der Waals surface area contributed by atoms with Gasteiger partial charge >= 0.3 is 6.03 Å². The van der Waals surface area contributed by atoms with Gasteiger partial charge in [-0.25, -0.2) is 4.79 Å². The molecule has 1 saturated heterocycles. The van der Waals surface area contributed by atoms with Gasteiger partial charge < -0.3 is 19.7 Å². The first-order valence-electron chi connectivity index (χ1n) is 10.4. The van der Waals surface area contributed by atoms with E-state index in [0.29, 0.717) is 18.4 Å². The zero-order valence-corrected chi connectivity index (χ0v) is 19.5. The molecule has 0 radical (unpaired) electrons. The van der Waals surface area contributed by atoms with E-state index in [0.717, 1.165) is 28.5 Å². The van der Waals surface area contributed by atoms with Crippen molar-refractivity contribution in [2.24, 2.45) is 0 Å². The second kappa shape index (κ2) is 9.65. The molecule has 0 aliphatic carbocycles. The Kier molecular flexibility index (Phi) is 7.19. The van der Waals surface area contributed by atoms with Gasteiger partial charge in [0.05, 0.1) is 14.2 Å². The molecule has 1 heterocycles. The fraction of sp³-hybridized carbons (Fsp3) is 0.458. The summed E-state index contributed by atoms with van der Waals surface area (Å²) in [7, 11) is 3.28. The quantitative estimate of drug-likeness (QED) is 0.592. The van der Waals surface area contributed by atoms with Gasteiger partial charge in [0.15, 0.2) is 0 Å². The fourth-order valence-electron chi connectivity index (χ4n) is 3.83. The highest BCUT2D eigenvalue weighted by Crippen LogP contribution is 2.43. The van der Waals surface area contributed by atoms with Crippen LogP contribution in [0.5, 0.6) is 11.5 Å². The molecule has 3 rings (SSSR count). The molecule has 6 heteroatoms. The Balaban J connectivity index is 1.91. The predicted molar refractivity (Wildman–Crippen MR) is 125 cm³/mol. The molecule has 1 unspecified atom stereocenters. The number of benzene rings is 2. The third-order valence-corrected chi connectivity index (χ3v) is 6.71. The van der Waals surface area contributed by atoms with Crippen LogP contribution in [-0.4, -0.2) is 37.4 Å². The van der Waals surface area contributed by atoms with E-state index < -0.39 is 0 Å². The van der Waals surface area contributed by atoms with Gasteiger partial charge in [-0.15, -0.1) is 11.8 Å². The monoisotopic (exact) mass is 428 g/mol. The molecule has 2 aromatic rings. The van der Waals surface area contributed by atoms with E-state index in [1.807, 2.05) is 23.1 Å². The van der Waals surface area contributed by atoms with Crippen LogP contribution < -0.4 is 14.8 Å². The first kappa shape index (κ1) is 22.3. The maximum atomic E-state index is 13.4.